The number of likely N-dealkylation sites (N-methyl/N-ethyl adjacent to an activating group) is 3. The van der Waals surface area contributed by atoms with E-state index in [1.54, 1.807) is 174 Å². The number of hydrogen-bond acceptors (Lipinski definition) is 22. The smallest absolute Gasteiger partial charge is 0.339 e. The van der Waals surface area contributed by atoms with Crippen LogP contribution in [0.3, 0.4) is 0 Å². The van der Waals surface area contributed by atoms with Crippen molar-refractivity contribution in [2.45, 2.75) is 31.8 Å². The van der Waals surface area contributed by atoms with Gasteiger partial charge in [0, 0.05) is 85.4 Å². The summed E-state index contributed by atoms with van der Waals surface area (Å²) in [5.41, 5.74) is 32.0. The summed E-state index contributed by atoms with van der Waals surface area (Å²) in [6.07, 6.45) is 13.7. The van der Waals surface area contributed by atoms with Gasteiger partial charge in [-0.2, -0.15) is 0 Å². The Morgan fingerprint density at radius 3 is 1.18 bits per heavy atom. The Bertz CT molecular complexity index is 6640. The standard InChI is InChI=1S/C23H22N6O3.C21H24ClN7O2.C21H17ClN6O2.C18H17ClN6O2/c1-5-19(30)27(3)15-7-6-8-16(11-15)29-22-20(21(24)25-13-26-22)28(23(29)31)17-10-9-14(2)18(12-17)32-4;1-26(2)10-3-4-17(30)27-11-9-16(12-27)29-20-18(19(23)24-13-25-20)28(21(29)31)15-7-5-14(22)6-8-15;1-3-17(29)26(2)15-5-4-6-16(11-15)28-20-18(19(23)24-12-25-20)27(21(28)30)14-9-7-13(22)8-10-14;1-2-14(26)23-8-7-13(9-23)25-17-15(16(20)21-10-22-17)24(18(25)27)12-5-3-11(19)4-6-12/h5-13H,1H2,2-4H3,(H2,24,25,26);3-8,13,16H,9-12H2,1-2H3,(H2,23,24,25);3-12H,1H2,2H3,(H2,23,24,25);2-6,10,13H,1,7-9H2,(H2,20,21,22)/b;4-3+;;/t;16-;;13-/m.1.1/s1. The highest BCUT2D eigenvalue weighted by atomic mass is 35.5. The quantitative estimate of drug-likeness (QED) is 0.0617. The van der Waals surface area contributed by atoms with Gasteiger partial charge in [0.05, 0.1) is 53.3 Å². The van der Waals surface area contributed by atoms with Crippen molar-refractivity contribution in [3.05, 3.63) is 278 Å². The van der Waals surface area contributed by atoms with Gasteiger partial charge in [0.1, 0.15) is 53.1 Å². The summed E-state index contributed by atoms with van der Waals surface area (Å²) in [7, 11) is 8.72. The number of likely N-dealkylation sites (tertiary alicyclic amines) is 2. The zero-order valence-electron chi connectivity index (χ0n) is 65.7. The second kappa shape index (κ2) is 35.5. The van der Waals surface area contributed by atoms with Crippen molar-refractivity contribution < 1.29 is 23.9 Å². The molecule has 14 aromatic rings. The van der Waals surface area contributed by atoms with Crippen LogP contribution in [0.2, 0.25) is 15.1 Å². The number of nitrogens with zero attached hydrogens (tertiary/aromatic N) is 21. The number of aryl methyl sites for hydroxylation is 1. The van der Waals surface area contributed by atoms with Crippen LogP contribution in [-0.4, -0.2) is 183 Å². The first-order valence-corrected chi connectivity index (χ1v) is 38.2. The van der Waals surface area contributed by atoms with E-state index < -0.39 is 0 Å². The monoisotopic (exact) mass is 1680 g/mol. The number of carbonyl (C=O) groups is 4. The molecule has 2 atom stereocenters. The molecule has 2 aliphatic rings. The van der Waals surface area contributed by atoms with E-state index in [0.717, 1.165) is 5.56 Å². The minimum atomic E-state index is -0.382. The first-order valence-electron chi connectivity index (χ1n) is 37.1. The number of aromatic nitrogens is 16. The molecule has 0 spiro atoms. The van der Waals surface area contributed by atoms with Crippen LogP contribution in [0, 0.1) is 6.92 Å². The molecule has 612 valence electrons. The fourth-order valence-electron chi connectivity index (χ4n) is 14.1. The van der Waals surface area contributed by atoms with Crippen molar-refractivity contribution in [1.82, 2.24) is 91.1 Å². The molecule has 120 heavy (non-hydrogen) atoms. The van der Waals surface area contributed by atoms with Crippen LogP contribution >= 0.6 is 34.8 Å². The number of imidazole rings is 4. The van der Waals surface area contributed by atoms with E-state index in [0.29, 0.717) is 157 Å². The molecule has 0 aliphatic carbocycles. The molecule has 37 heteroatoms. The highest BCUT2D eigenvalue weighted by molar-refractivity contribution is 6.31. The SMILES string of the molecule is C=CC(=O)N(C)c1cccc(-n2c(=O)n(-c3ccc(C)c(OC)c3)c3c(N)ncnc32)c1.C=CC(=O)N(C)c1cccc(-n2c(=O)n(-c3ccc(Cl)cc3)c3c(N)ncnc32)c1.C=CC(=O)N1CC[C@@H](n2c(=O)n(-c3ccc(Cl)cc3)c3c(N)ncnc32)C1.CN(C)C/C=C/C(=O)N1CC[C@@H](n2c(=O)n(-c3ccc(Cl)cc3)c3c(N)ncnc32)C1. The number of methoxy groups -OCH3 is 1. The van der Waals surface area contributed by atoms with E-state index in [-0.39, 0.29) is 81.7 Å². The number of nitrogens with two attached hydrogens (primary N) is 4. The molecule has 0 unspecified atom stereocenters. The molecule has 2 aliphatic heterocycles. The Labute approximate surface area is 698 Å². The number of nitrogen functional groups attached to an aromatic ring is 4. The molecule has 0 saturated carbocycles. The number of halogens is 3. The molecule has 10 heterocycles. The highest BCUT2D eigenvalue weighted by Gasteiger charge is 2.34. The molecule has 6 aromatic carbocycles. The molecule has 4 amide bonds. The van der Waals surface area contributed by atoms with Crippen molar-refractivity contribution in [3.63, 3.8) is 0 Å². The van der Waals surface area contributed by atoms with Gasteiger partial charge in [-0.15, -0.1) is 0 Å². The number of benzene rings is 6. The van der Waals surface area contributed by atoms with Gasteiger partial charge in [-0.3, -0.25) is 46.6 Å². The van der Waals surface area contributed by atoms with Gasteiger partial charge in [0.15, 0.2) is 45.9 Å². The molecular formula is C83H80Cl3N25O9. The maximum absolute atomic E-state index is 13.7. The first kappa shape index (κ1) is 83.3. The number of carbonyl (C=O) groups excluding carboxylic acids is 4. The van der Waals surface area contributed by atoms with E-state index in [2.05, 4.69) is 59.6 Å². The topological polar surface area (TPSA) is 409 Å². The lowest BCUT2D eigenvalue weighted by Crippen LogP contribution is -2.31. The number of hydrogen-bond donors (Lipinski definition) is 4. The normalized spacial score (nSPS) is 13.7. The third kappa shape index (κ3) is 16.5. The number of rotatable bonds is 17. The summed E-state index contributed by atoms with van der Waals surface area (Å²) >= 11 is 18.0. The summed E-state index contributed by atoms with van der Waals surface area (Å²) in [5, 5.41) is 1.67. The Morgan fingerprint density at radius 2 is 0.800 bits per heavy atom. The highest BCUT2D eigenvalue weighted by Crippen LogP contribution is 2.34. The van der Waals surface area contributed by atoms with Gasteiger partial charge in [0.25, 0.3) is 0 Å². The Balaban J connectivity index is 0.000000139. The average molecular weight is 1680 g/mol. The molecule has 34 nitrogen and oxygen atoms in total. The van der Waals surface area contributed by atoms with E-state index >= 15 is 0 Å². The molecule has 0 radical (unpaired) electrons. The lowest BCUT2D eigenvalue weighted by Gasteiger charge is -2.16. The minimum Gasteiger partial charge on any atom is -0.496 e. The fourth-order valence-corrected chi connectivity index (χ4v) is 14.5. The number of amides is 4. The van der Waals surface area contributed by atoms with Crippen LogP contribution in [0.5, 0.6) is 5.75 Å². The third-order valence-corrected chi connectivity index (χ3v) is 20.9. The summed E-state index contributed by atoms with van der Waals surface area (Å²) < 4.78 is 17.4. The zero-order valence-corrected chi connectivity index (χ0v) is 68.0. The maximum atomic E-state index is 13.7. The largest absolute Gasteiger partial charge is 0.496 e. The lowest BCUT2D eigenvalue weighted by molar-refractivity contribution is -0.125. The van der Waals surface area contributed by atoms with Crippen molar-refractivity contribution in [2.75, 3.05) is 101 Å². The second-order valence-corrected chi connectivity index (χ2v) is 29.1. The molecule has 2 saturated heterocycles. The van der Waals surface area contributed by atoms with Crippen LogP contribution in [0.1, 0.15) is 30.5 Å². The van der Waals surface area contributed by atoms with Crippen molar-refractivity contribution in [3.8, 4) is 39.9 Å². The predicted molar refractivity (Wildman–Crippen MR) is 465 cm³/mol. The van der Waals surface area contributed by atoms with Gasteiger partial charge >= 0.3 is 22.8 Å². The van der Waals surface area contributed by atoms with Crippen molar-refractivity contribution >= 4 is 138 Å². The molecular weight excluding hydrogens is 1600 g/mol. The molecule has 16 rings (SSSR count). The van der Waals surface area contributed by atoms with E-state index in [4.69, 9.17) is 62.5 Å². The number of fused-ring (bicyclic) bond motifs is 4. The lowest BCUT2D eigenvalue weighted by atomic mass is 10.2. The van der Waals surface area contributed by atoms with Gasteiger partial charge in [-0.25, -0.2) is 68.2 Å². The third-order valence-electron chi connectivity index (χ3n) is 20.1. The Morgan fingerprint density at radius 1 is 0.450 bits per heavy atom. The van der Waals surface area contributed by atoms with Gasteiger partial charge in [-0.1, -0.05) is 78.8 Å². The van der Waals surface area contributed by atoms with Gasteiger partial charge in [-0.05, 0) is 173 Å². The van der Waals surface area contributed by atoms with Crippen molar-refractivity contribution in [2.24, 2.45) is 0 Å². The Kier molecular flexibility index (Phi) is 24.6. The predicted octanol–water partition coefficient (Wildman–Crippen LogP) is 9.06. The van der Waals surface area contributed by atoms with E-state index in [1.807, 2.05) is 44.1 Å². The molecule has 8 N–H and O–H groups in total. The zero-order chi connectivity index (χ0) is 85.7. The minimum absolute atomic E-state index is 0.0621. The first-order chi connectivity index (χ1) is 57.7. The summed E-state index contributed by atoms with van der Waals surface area (Å²) in [5.74, 6) is 0.647. The maximum Gasteiger partial charge on any atom is 0.339 e. The molecule has 2 fully saturated rings. The van der Waals surface area contributed by atoms with Crippen LogP contribution < -0.4 is 60.2 Å². The van der Waals surface area contributed by atoms with E-state index in [9.17, 15) is 38.4 Å². The van der Waals surface area contributed by atoms with Crippen LogP contribution in [-0.2, 0) is 19.2 Å². The summed E-state index contributed by atoms with van der Waals surface area (Å²) in [6, 6.07) is 39.6. The second-order valence-electron chi connectivity index (χ2n) is 27.8. The van der Waals surface area contributed by atoms with Crippen LogP contribution in [0.4, 0.5) is 34.6 Å². The van der Waals surface area contributed by atoms with Gasteiger partial charge in [0.2, 0.25) is 23.6 Å². The summed E-state index contributed by atoms with van der Waals surface area (Å²) in [6.45, 7) is 15.1. The molecule has 0 bridgehead atoms. The van der Waals surface area contributed by atoms with Crippen LogP contribution in [0.15, 0.2) is 234 Å². The number of anilines is 6. The number of ether oxygens (including phenoxy) is 1. The average Bonchev–Trinajstić information content (AvgIpc) is 1.55. The van der Waals surface area contributed by atoms with Crippen molar-refractivity contribution in [1.29, 1.82) is 0 Å². The molecule has 8 aromatic heterocycles. The Hall–Kier alpha value is -14.6. The summed E-state index contributed by atoms with van der Waals surface area (Å²) in [4.78, 5) is 144. The van der Waals surface area contributed by atoms with Gasteiger partial charge < -0.3 is 52.2 Å². The van der Waals surface area contributed by atoms with Crippen LogP contribution in [0.25, 0.3) is 78.8 Å². The van der Waals surface area contributed by atoms with E-state index in [1.165, 1.54) is 80.7 Å². The fraction of sp³-hybridized carbons (Fsp3) is 0.181.